The molecule has 3 aromatic rings. The van der Waals surface area contributed by atoms with E-state index in [1.807, 2.05) is 6.92 Å². The second-order valence-corrected chi connectivity index (χ2v) is 5.54. The predicted octanol–water partition coefficient (Wildman–Crippen LogP) is 2.30. The summed E-state index contributed by atoms with van der Waals surface area (Å²) in [5.74, 6) is -0.464. The van der Waals surface area contributed by atoms with Gasteiger partial charge in [0.05, 0.1) is 14.5 Å². The second kappa shape index (κ2) is 7.77. The number of primary amides is 1. The summed E-state index contributed by atoms with van der Waals surface area (Å²) in [5.41, 5.74) is 6.02. The number of anilines is 3. The Morgan fingerprint density at radius 2 is 2.31 bits per heavy atom. The molecule has 0 fully saturated rings. The maximum absolute atomic E-state index is 11.7. The van der Waals surface area contributed by atoms with Gasteiger partial charge in [-0.2, -0.15) is 10.1 Å². The molecule has 0 radical (unpaired) electrons. The molecule has 0 saturated carbocycles. The maximum Gasteiger partial charge on any atom is 0.273 e. The summed E-state index contributed by atoms with van der Waals surface area (Å²) in [4.78, 5) is 16.0. The Kier molecular flexibility index (Phi) is 3.64. The van der Waals surface area contributed by atoms with Crippen LogP contribution in [0.2, 0.25) is 0 Å². The predicted molar refractivity (Wildman–Crippen MR) is 100 cm³/mol. The van der Waals surface area contributed by atoms with Crippen molar-refractivity contribution in [3.05, 3.63) is 30.1 Å². The maximum atomic E-state index is 11.7. The van der Waals surface area contributed by atoms with Crippen molar-refractivity contribution < 1.29 is 11.6 Å². The molecule has 0 unspecified atom stereocenters. The molecule has 3 rings (SSSR count). The van der Waals surface area contributed by atoms with Gasteiger partial charge < -0.3 is 16.4 Å². The van der Waals surface area contributed by atoms with Crippen LogP contribution >= 0.6 is 0 Å². The first-order valence-electron chi connectivity index (χ1n) is 10.6. The third kappa shape index (κ3) is 3.71. The lowest BCUT2D eigenvalue weighted by Crippen LogP contribution is -2.19. The number of carbonyl (C=O) groups excluding carboxylic acids is 1. The average Bonchev–Trinajstić information content (AvgIpc) is 3.11. The molecule has 0 saturated heterocycles. The molecule has 0 spiro atoms. The standard InChI is InChI=1S/C17H22N8O/c1-3-5-8-19-17-22-16(14(15(18)26)23-24-17)21-12-6-7-13-11(9-12)10-20-25(13)4-2/h6-7,9-10H,3-5,8H2,1-2H3,(H2,18,26)(H2,19,21,22,24)/i2D3,4D2. The van der Waals surface area contributed by atoms with Gasteiger partial charge in [0.2, 0.25) is 5.95 Å². The van der Waals surface area contributed by atoms with E-state index in [9.17, 15) is 4.79 Å². The lowest BCUT2D eigenvalue weighted by molar-refractivity contribution is 0.0995. The normalized spacial score (nSPS) is 14.7. The van der Waals surface area contributed by atoms with Gasteiger partial charge in [-0.3, -0.25) is 9.48 Å². The van der Waals surface area contributed by atoms with E-state index >= 15 is 0 Å². The molecule has 0 bridgehead atoms. The zero-order valence-electron chi connectivity index (χ0n) is 19.2. The molecule has 0 aliphatic rings. The minimum Gasteiger partial charge on any atom is -0.364 e. The minimum absolute atomic E-state index is 0.103. The Bertz CT molecular complexity index is 1100. The number of hydrogen-bond donors (Lipinski definition) is 3. The summed E-state index contributed by atoms with van der Waals surface area (Å²) in [6.45, 7) is -2.89. The van der Waals surface area contributed by atoms with Crippen LogP contribution in [0, 0.1) is 0 Å². The first-order chi connectivity index (χ1) is 14.5. The van der Waals surface area contributed by atoms with Crippen LogP contribution in [-0.4, -0.2) is 37.4 Å². The molecule has 0 aliphatic heterocycles. The van der Waals surface area contributed by atoms with Crippen molar-refractivity contribution in [3.8, 4) is 0 Å². The summed E-state index contributed by atoms with van der Waals surface area (Å²) < 4.78 is 39.0. The molecule has 136 valence electrons. The lowest BCUT2D eigenvalue weighted by atomic mass is 10.2. The molecule has 0 atom stereocenters. The number of aromatic nitrogens is 5. The molecule has 9 heteroatoms. The highest BCUT2D eigenvalue weighted by atomic mass is 16.1. The van der Waals surface area contributed by atoms with Gasteiger partial charge in [0.1, 0.15) is 0 Å². The van der Waals surface area contributed by atoms with Crippen molar-refractivity contribution in [1.82, 2.24) is 25.0 Å². The number of fused-ring (bicyclic) bond motifs is 1. The lowest BCUT2D eigenvalue weighted by Gasteiger charge is -2.10. The molecule has 1 aromatic carbocycles. The largest absolute Gasteiger partial charge is 0.364 e. The number of unbranched alkanes of at least 4 members (excludes halogenated alkanes) is 1. The number of nitrogens with zero attached hydrogens (tertiary/aromatic N) is 5. The number of aryl methyl sites for hydroxylation is 1. The Morgan fingerprint density at radius 1 is 1.42 bits per heavy atom. The quantitative estimate of drug-likeness (QED) is 0.527. The van der Waals surface area contributed by atoms with E-state index in [0.717, 1.165) is 17.5 Å². The number of rotatable bonds is 8. The molecular formula is C17H22N8O. The van der Waals surface area contributed by atoms with E-state index in [1.165, 1.54) is 12.3 Å². The van der Waals surface area contributed by atoms with Crippen molar-refractivity contribution in [1.29, 1.82) is 0 Å². The molecule has 2 aromatic heterocycles. The summed E-state index contributed by atoms with van der Waals surface area (Å²) in [5, 5.41) is 18.1. The molecule has 1 amide bonds. The van der Waals surface area contributed by atoms with Gasteiger partial charge in [-0.05, 0) is 31.5 Å². The van der Waals surface area contributed by atoms with Crippen molar-refractivity contribution in [2.24, 2.45) is 5.73 Å². The van der Waals surface area contributed by atoms with Crippen LogP contribution in [0.5, 0.6) is 0 Å². The Balaban J connectivity index is 1.93. The second-order valence-electron chi connectivity index (χ2n) is 5.54. The Hall–Kier alpha value is -3.23. The van der Waals surface area contributed by atoms with Crippen molar-refractivity contribution in [3.63, 3.8) is 0 Å². The number of hydrogen-bond acceptors (Lipinski definition) is 7. The molecule has 26 heavy (non-hydrogen) atoms. The third-order valence-electron chi connectivity index (χ3n) is 3.67. The molecule has 0 aliphatic carbocycles. The van der Waals surface area contributed by atoms with E-state index in [1.54, 1.807) is 12.1 Å². The highest BCUT2D eigenvalue weighted by Gasteiger charge is 2.15. The van der Waals surface area contributed by atoms with Gasteiger partial charge in [-0.15, -0.1) is 10.2 Å². The smallest absolute Gasteiger partial charge is 0.273 e. The van der Waals surface area contributed by atoms with E-state index in [4.69, 9.17) is 12.6 Å². The summed E-state index contributed by atoms with van der Waals surface area (Å²) in [6, 6.07) is 4.71. The van der Waals surface area contributed by atoms with E-state index in [-0.39, 0.29) is 17.5 Å². The van der Waals surface area contributed by atoms with Crippen LogP contribution in [-0.2, 0) is 6.50 Å². The molecular weight excluding hydrogens is 332 g/mol. The van der Waals surface area contributed by atoms with Crippen molar-refractivity contribution >= 4 is 34.3 Å². The van der Waals surface area contributed by atoms with Gasteiger partial charge in [-0.1, -0.05) is 13.3 Å². The monoisotopic (exact) mass is 359 g/mol. The van der Waals surface area contributed by atoms with Crippen molar-refractivity contribution in [2.45, 2.75) is 33.1 Å². The number of benzene rings is 1. The Labute approximate surface area is 158 Å². The van der Waals surface area contributed by atoms with Gasteiger partial charge in [0.15, 0.2) is 11.5 Å². The van der Waals surface area contributed by atoms with Gasteiger partial charge in [-0.25, -0.2) is 0 Å². The zero-order chi connectivity index (χ0) is 22.8. The van der Waals surface area contributed by atoms with Crippen LogP contribution in [0.1, 0.15) is 44.0 Å². The van der Waals surface area contributed by atoms with Gasteiger partial charge >= 0.3 is 0 Å². The fraction of sp³-hybridized carbons (Fsp3) is 0.353. The first kappa shape index (κ1) is 12.2. The molecule has 4 N–H and O–H groups in total. The van der Waals surface area contributed by atoms with Crippen LogP contribution in [0.3, 0.4) is 0 Å². The van der Waals surface area contributed by atoms with Crippen LogP contribution in [0.25, 0.3) is 10.9 Å². The van der Waals surface area contributed by atoms with Crippen LogP contribution < -0.4 is 16.4 Å². The Morgan fingerprint density at radius 3 is 3.08 bits per heavy atom. The van der Waals surface area contributed by atoms with Crippen molar-refractivity contribution in [2.75, 3.05) is 17.2 Å². The molecule has 2 heterocycles. The third-order valence-corrected chi connectivity index (χ3v) is 3.67. The van der Waals surface area contributed by atoms with Gasteiger partial charge in [0, 0.05) is 28.2 Å². The average molecular weight is 359 g/mol. The number of nitrogens with two attached hydrogens (primary N) is 1. The summed E-state index contributed by atoms with van der Waals surface area (Å²) in [7, 11) is 0. The van der Waals surface area contributed by atoms with Crippen LogP contribution in [0.15, 0.2) is 24.4 Å². The summed E-state index contributed by atoms with van der Waals surface area (Å²) in [6.07, 6.45) is 3.25. The topological polar surface area (TPSA) is 124 Å². The zero-order valence-corrected chi connectivity index (χ0v) is 14.2. The minimum atomic E-state index is -2.90. The fourth-order valence-corrected chi connectivity index (χ4v) is 2.37. The van der Waals surface area contributed by atoms with E-state index in [0.29, 0.717) is 23.1 Å². The number of carbonyl (C=O) groups is 1. The van der Waals surface area contributed by atoms with E-state index < -0.39 is 19.3 Å². The number of amides is 1. The SMILES string of the molecule is [2H]C([2H])([2H])C([2H])([2H])n1ncc2cc(Nc3nc(NCCCC)nnc3C(N)=O)ccc21. The van der Waals surface area contributed by atoms with E-state index in [2.05, 4.69) is 30.9 Å². The highest BCUT2D eigenvalue weighted by Crippen LogP contribution is 2.23. The number of nitrogens with one attached hydrogen (secondary N) is 2. The van der Waals surface area contributed by atoms with Crippen LogP contribution in [0.4, 0.5) is 17.5 Å². The van der Waals surface area contributed by atoms with Gasteiger partial charge in [0.25, 0.3) is 5.91 Å². The fourth-order valence-electron chi connectivity index (χ4n) is 2.37. The summed E-state index contributed by atoms with van der Waals surface area (Å²) >= 11 is 0. The first-order valence-corrected chi connectivity index (χ1v) is 8.08. The highest BCUT2D eigenvalue weighted by molar-refractivity contribution is 5.96. The molecule has 9 nitrogen and oxygen atoms in total.